The molecule has 0 aromatic heterocycles. The summed E-state index contributed by atoms with van der Waals surface area (Å²) in [6.45, 7) is 1.38. The summed E-state index contributed by atoms with van der Waals surface area (Å²) in [5.74, 6) is -0.651. The molecule has 3 amide bonds. The van der Waals surface area contributed by atoms with Gasteiger partial charge in [0.05, 0.1) is 6.54 Å². The maximum absolute atomic E-state index is 11.0. The molecule has 0 aliphatic heterocycles. The van der Waals surface area contributed by atoms with E-state index in [1.807, 2.05) is 0 Å². The molecule has 0 aliphatic carbocycles. The van der Waals surface area contributed by atoms with Crippen LogP contribution in [0.15, 0.2) is 0 Å². The molecule has 3 N–H and O–H groups in total. The van der Waals surface area contributed by atoms with Crippen LogP contribution in [0.4, 0.5) is 0 Å². The maximum Gasteiger partial charge on any atom is 0.248 e. The largest absolute Gasteiger partial charge is 0.357 e. The molecule has 15 heavy (non-hydrogen) atoms. The second-order valence-electron chi connectivity index (χ2n) is 2.67. The van der Waals surface area contributed by atoms with Crippen LogP contribution in [0.5, 0.6) is 0 Å². The Hall–Kier alpha value is -1.63. The van der Waals surface area contributed by atoms with Crippen LogP contribution in [0.25, 0.3) is 0 Å². The first kappa shape index (κ1) is 13.4. The summed E-state index contributed by atoms with van der Waals surface area (Å²) in [6.07, 6.45) is -0.206. The van der Waals surface area contributed by atoms with Crippen molar-refractivity contribution in [3.63, 3.8) is 0 Å². The van der Waals surface area contributed by atoms with E-state index in [2.05, 4.69) is 16.0 Å². The molecular weight excluding hydrogens is 202 g/mol. The summed E-state index contributed by atoms with van der Waals surface area (Å²) >= 11 is 0. The third kappa shape index (κ3) is 6.44. The fourth-order valence-electron chi connectivity index (χ4n) is 0.723. The number of nitrogens with one attached hydrogen (secondary N) is 3. The topological polar surface area (TPSA) is 96.5 Å². The number of likely N-dealkylation sites (N-methyl/N-ethyl adjacent to an activating group) is 1. The van der Waals surface area contributed by atoms with Crippen molar-refractivity contribution in [2.24, 2.45) is 0 Å². The SMILES string of the molecule is CNC(=O)C(C)OCNC(=O)CNC=O. The highest BCUT2D eigenvalue weighted by atomic mass is 16.5. The van der Waals surface area contributed by atoms with Gasteiger partial charge in [-0.05, 0) is 6.92 Å². The summed E-state index contributed by atoms with van der Waals surface area (Å²) in [4.78, 5) is 31.7. The zero-order chi connectivity index (χ0) is 11.7. The minimum absolute atomic E-state index is 0.0754. The molecule has 0 saturated carbocycles. The molecule has 0 aliphatic rings. The van der Waals surface area contributed by atoms with Crippen LogP contribution in [0.1, 0.15) is 6.92 Å². The molecule has 86 valence electrons. The van der Waals surface area contributed by atoms with Gasteiger partial charge in [0.15, 0.2) is 0 Å². The molecule has 0 saturated heterocycles. The first-order valence-electron chi connectivity index (χ1n) is 4.38. The molecule has 1 atom stereocenters. The Morgan fingerprint density at radius 1 is 1.47 bits per heavy atom. The van der Waals surface area contributed by atoms with Crippen molar-refractivity contribution in [3.8, 4) is 0 Å². The Kier molecular flexibility index (Phi) is 6.90. The van der Waals surface area contributed by atoms with E-state index in [0.29, 0.717) is 6.41 Å². The predicted octanol–water partition coefficient (Wildman–Crippen LogP) is -2.04. The van der Waals surface area contributed by atoms with E-state index in [1.165, 1.54) is 7.05 Å². The van der Waals surface area contributed by atoms with Gasteiger partial charge in [0, 0.05) is 7.05 Å². The van der Waals surface area contributed by atoms with Gasteiger partial charge >= 0.3 is 0 Å². The molecule has 0 bridgehead atoms. The summed E-state index contributed by atoms with van der Waals surface area (Å²) in [5, 5.41) is 6.96. The average Bonchev–Trinajstić information content (AvgIpc) is 2.24. The van der Waals surface area contributed by atoms with Crippen LogP contribution in [0.2, 0.25) is 0 Å². The van der Waals surface area contributed by atoms with E-state index in [1.54, 1.807) is 6.92 Å². The zero-order valence-corrected chi connectivity index (χ0v) is 8.70. The number of carbonyl (C=O) groups is 3. The third-order valence-electron chi connectivity index (χ3n) is 1.56. The van der Waals surface area contributed by atoms with Gasteiger partial charge in [-0.2, -0.15) is 0 Å². The Morgan fingerprint density at radius 2 is 2.13 bits per heavy atom. The maximum atomic E-state index is 11.0. The Labute approximate surface area is 87.5 Å². The average molecular weight is 217 g/mol. The number of hydrogen-bond donors (Lipinski definition) is 3. The van der Waals surface area contributed by atoms with E-state index < -0.39 is 6.10 Å². The van der Waals surface area contributed by atoms with Crippen molar-refractivity contribution in [2.45, 2.75) is 13.0 Å². The van der Waals surface area contributed by atoms with Crippen molar-refractivity contribution in [1.29, 1.82) is 0 Å². The van der Waals surface area contributed by atoms with E-state index in [4.69, 9.17) is 4.74 Å². The van der Waals surface area contributed by atoms with Crippen molar-refractivity contribution < 1.29 is 19.1 Å². The molecule has 0 aromatic rings. The number of rotatable bonds is 7. The highest BCUT2D eigenvalue weighted by Crippen LogP contribution is 1.87. The molecule has 7 heteroatoms. The minimum Gasteiger partial charge on any atom is -0.357 e. The van der Waals surface area contributed by atoms with Crippen LogP contribution >= 0.6 is 0 Å². The van der Waals surface area contributed by atoms with Crippen molar-refractivity contribution in [1.82, 2.24) is 16.0 Å². The van der Waals surface area contributed by atoms with Gasteiger partial charge < -0.3 is 20.7 Å². The summed E-state index contributed by atoms with van der Waals surface area (Å²) in [5.41, 5.74) is 0. The second kappa shape index (κ2) is 7.74. The van der Waals surface area contributed by atoms with Gasteiger partial charge in [0.2, 0.25) is 18.2 Å². The lowest BCUT2D eigenvalue weighted by Crippen LogP contribution is -2.38. The summed E-state index contributed by atoms with van der Waals surface area (Å²) < 4.78 is 4.99. The number of ether oxygens (including phenoxy) is 1. The van der Waals surface area contributed by atoms with Crippen molar-refractivity contribution >= 4 is 18.2 Å². The van der Waals surface area contributed by atoms with Crippen LogP contribution < -0.4 is 16.0 Å². The number of amides is 3. The second-order valence-corrected chi connectivity index (χ2v) is 2.67. The standard InChI is InChI=1S/C8H15N3O4/c1-6(8(14)9-2)15-5-11-7(13)3-10-4-12/h4,6H,3,5H2,1-2H3,(H,9,14)(H,10,12)(H,11,13). The van der Waals surface area contributed by atoms with E-state index >= 15 is 0 Å². The van der Waals surface area contributed by atoms with Gasteiger partial charge in [0.25, 0.3) is 0 Å². The number of carbonyl (C=O) groups excluding carboxylic acids is 3. The summed E-state index contributed by atoms with van der Waals surface area (Å²) in [7, 11) is 1.49. The van der Waals surface area contributed by atoms with Gasteiger partial charge in [-0.3, -0.25) is 14.4 Å². The molecule has 0 rings (SSSR count). The highest BCUT2D eigenvalue weighted by molar-refractivity contribution is 5.80. The fraction of sp³-hybridized carbons (Fsp3) is 0.625. The third-order valence-corrected chi connectivity index (χ3v) is 1.56. The normalized spacial score (nSPS) is 11.3. The molecule has 0 radical (unpaired) electrons. The first-order chi connectivity index (χ1) is 7.11. The molecular formula is C8H15N3O4. The molecule has 0 spiro atoms. The van der Waals surface area contributed by atoms with Gasteiger partial charge in [-0.1, -0.05) is 0 Å². The Balaban J connectivity index is 3.56. The molecule has 1 unspecified atom stereocenters. The monoisotopic (exact) mass is 217 g/mol. The van der Waals surface area contributed by atoms with Crippen LogP contribution in [0, 0.1) is 0 Å². The predicted molar refractivity (Wildman–Crippen MR) is 51.7 cm³/mol. The lowest BCUT2D eigenvalue weighted by Gasteiger charge is -2.11. The Morgan fingerprint density at radius 3 is 2.67 bits per heavy atom. The van der Waals surface area contributed by atoms with E-state index in [-0.39, 0.29) is 25.1 Å². The van der Waals surface area contributed by atoms with E-state index in [9.17, 15) is 14.4 Å². The van der Waals surface area contributed by atoms with Gasteiger partial charge in [-0.15, -0.1) is 0 Å². The molecule has 0 fully saturated rings. The van der Waals surface area contributed by atoms with Crippen LogP contribution in [0.3, 0.4) is 0 Å². The smallest absolute Gasteiger partial charge is 0.248 e. The lowest BCUT2D eigenvalue weighted by molar-refractivity contribution is -0.134. The molecule has 0 aromatic carbocycles. The quantitative estimate of drug-likeness (QED) is 0.338. The molecule has 7 nitrogen and oxygen atoms in total. The van der Waals surface area contributed by atoms with Crippen LogP contribution in [-0.2, 0) is 19.1 Å². The Bertz CT molecular complexity index is 232. The zero-order valence-electron chi connectivity index (χ0n) is 8.70. The lowest BCUT2D eigenvalue weighted by atomic mass is 10.4. The highest BCUT2D eigenvalue weighted by Gasteiger charge is 2.10. The first-order valence-corrected chi connectivity index (χ1v) is 4.38. The fourth-order valence-corrected chi connectivity index (χ4v) is 0.723. The molecule has 0 heterocycles. The van der Waals surface area contributed by atoms with E-state index in [0.717, 1.165) is 0 Å². The number of hydrogen-bond acceptors (Lipinski definition) is 4. The van der Waals surface area contributed by atoms with Crippen LogP contribution in [-0.4, -0.2) is 44.7 Å². The summed E-state index contributed by atoms with van der Waals surface area (Å²) in [6, 6.07) is 0. The van der Waals surface area contributed by atoms with Crippen molar-refractivity contribution in [2.75, 3.05) is 20.3 Å². The van der Waals surface area contributed by atoms with Crippen molar-refractivity contribution in [3.05, 3.63) is 0 Å². The van der Waals surface area contributed by atoms with Gasteiger partial charge in [0.1, 0.15) is 12.8 Å². The van der Waals surface area contributed by atoms with Gasteiger partial charge in [-0.25, -0.2) is 0 Å². The minimum atomic E-state index is -0.630.